The second-order valence-corrected chi connectivity index (χ2v) is 5.43. The normalized spacial score (nSPS) is 11.1. The first-order valence-electron chi connectivity index (χ1n) is 7.29. The third kappa shape index (κ3) is 9.18. The maximum absolute atomic E-state index is 11.5. The minimum absolute atomic E-state index is 0.0636. The van der Waals surface area contributed by atoms with Crippen molar-refractivity contribution >= 4 is 5.91 Å². The number of hydrogen-bond acceptors (Lipinski definition) is 4. The van der Waals surface area contributed by atoms with Gasteiger partial charge in [-0.2, -0.15) is 0 Å². The van der Waals surface area contributed by atoms with Gasteiger partial charge in [0.2, 0.25) is 5.91 Å². The highest BCUT2D eigenvalue weighted by Crippen LogP contribution is 2.00. The average molecular weight is 293 g/mol. The molecule has 0 atom stereocenters. The van der Waals surface area contributed by atoms with Crippen LogP contribution >= 0.6 is 0 Å². The monoisotopic (exact) mass is 293 g/mol. The van der Waals surface area contributed by atoms with E-state index in [9.17, 15) is 4.79 Å². The van der Waals surface area contributed by atoms with Crippen molar-refractivity contribution in [3.8, 4) is 0 Å². The summed E-state index contributed by atoms with van der Waals surface area (Å²) in [6.07, 6.45) is 0. The average Bonchev–Trinajstić information content (AvgIpc) is 2.44. The van der Waals surface area contributed by atoms with Crippen LogP contribution in [0.15, 0.2) is 30.3 Å². The summed E-state index contributed by atoms with van der Waals surface area (Å²) < 4.78 is 5.63. The summed E-state index contributed by atoms with van der Waals surface area (Å²) in [7, 11) is 5.80. The van der Waals surface area contributed by atoms with Crippen molar-refractivity contribution in [2.24, 2.45) is 0 Å². The van der Waals surface area contributed by atoms with Gasteiger partial charge >= 0.3 is 0 Å². The minimum Gasteiger partial charge on any atom is -0.375 e. The summed E-state index contributed by atoms with van der Waals surface area (Å²) in [4.78, 5) is 15.5. The van der Waals surface area contributed by atoms with E-state index in [0.717, 1.165) is 13.1 Å². The van der Waals surface area contributed by atoms with Crippen molar-refractivity contribution in [1.82, 2.24) is 15.1 Å². The van der Waals surface area contributed by atoms with Crippen LogP contribution in [0.4, 0.5) is 0 Å². The molecule has 0 aliphatic rings. The van der Waals surface area contributed by atoms with Gasteiger partial charge in [0.15, 0.2) is 0 Å². The smallest absolute Gasteiger partial charge is 0.234 e. The second kappa shape index (κ2) is 10.3. The number of nitrogens with one attached hydrogen (secondary N) is 1. The van der Waals surface area contributed by atoms with Gasteiger partial charge in [0, 0.05) is 19.6 Å². The molecule has 1 aromatic rings. The van der Waals surface area contributed by atoms with E-state index < -0.39 is 0 Å². The van der Waals surface area contributed by atoms with Gasteiger partial charge in [0.25, 0.3) is 0 Å². The van der Waals surface area contributed by atoms with Gasteiger partial charge in [0.1, 0.15) is 0 Å². The molecular weight excluding hydrogens is 266 g/mol. The van der Waals surface area contributed by atoms with Crippen LogP contribution in [0.3, 0.4) is 0 Å². The Morgan fingerprint density at radius 3 is 2.52 bits per heavy atom. The van der Waals surface area contributed by atoms with E-state index in [1.165, 1.54) is 5.56 Å². The number of rotatable bonds is 10. The van der Waals surface area contributed by atoms with E-state index in [2.05, 4.69) is 22.3 Å². The number of carbonyl (C=O) groups excluding carboxylic acids is 1. The third-order valence-electron chi connectivity index (χ3n) is 3.00. The molecule has 5 nitrogen and oxygen atoms in total. The molecule has 118 valence electrons. The van der Waals surface area contributed by atoms with Gasteiger partial charge < -0.3 is 19.9 Å². The summed E-state index contributed by atoms with van der Waals surface area (Å²) in [5.41, 5.74) is 1.19. The SMILES string of the molecule is CN(C)CC(=O)NCCN(C)CCOCc1ccccc1. The van der Waals surface area contributed by atoms with E-state index in [-0.39, 0.29) is 5.91 Å². The molecular formula is C16H27N3O2. The summed E-state index contributed by atoms with van der Waals surface area (Å²) in [6.45, 7) is 4.13. The molecule has 1 rings (SSSR count). The molecule has 0 unspecified atom stereocenters. The molecule has 0 saturated heterocycles. The fourth-order valence-corrected chi connectivity index (χ4v) is 1.83. The van der Waals surface area contributed by atoms with Crippen molar-refractivity contribution in [2.45, 2.75) is 6.61 Å². The lowest BCUT2D eigenvalue weighted by molar-refractivity contribution is -0.121. The Balaban J connectivity index is 2.01. The zero-order chi connectivity index (χ0) is 15.5. The second-order valence-electron chi connectivity index (χ2n) is 5.43. The Labute approximate surface area is 127 Å². The van der Waals surface area contributed by atoms with Gasteiger partial charge in [-0.25, -0.2) is 0 Å². The Bertz CT molecular complexity index is 396. The quantitative estimate of drug-likeness (QED) is 0.649. The summed E-state index contributed by atoms with van der Waals surface area (Å²) in [6, 6.07) is 10.2. The van der Waals surface area contributed by atoms with Crippen LogP contribution in [0.2, 0.25) is 0 Å². The zero-order valence-electron chi connectivity index (χ0n) is 13.3. The summed E-state index contributed by atoms with van der Waals surface area (Å²) in [5, 5.41) is 2.90. The van der Waals surface area contributed by atoms with Crippen LogP contribution in [0.5, 0.6) is 0 Å². The number of likely N-dealkylation sites (N-methyl/N-ethyl adjacent to an activating group) is 2. The highest BCUT2D eigenvalue weighted by molar-refractivity contribution is 5.77. The molecule has 0 aromatic heterocycles. The number of carbonyl (C=O) groups is 1. The Morgan fingerprint density at radius 1 is 1.14 bits per heavy atom. The Morgan fingerprint density at radius 2 is 1.86 bits per heavy atom. The molecule has 1 amide bonds. The van der Waals surface area contributed by atoms with Crippen LogP contribution in [0.1, 0.15) is 5.56 Å². The zero-order valence-corrected chi connectivity index (χ0v) is 13.3. The molecule has 0 bridgehead atoms. The van der Waals surface area contributed by atoms with E-state index >= 15 is 0 Å². The first-order valence-corrected chi connectivity index (χ1v) is 7.29. The van der Waals surface area contributed by atoms with Gasteiger partial charge in [0.05, 0.1) is 19.8 Å². The fraction of sp³-hybridized carbons (Fsp3) is 0.562. The minimum atomic E-state index is 0.0636. The van der Waals surface area contributed by atoms with Crippen LogP contribution in [0, 0.1) is 0 Å². The van der Waals surface area contributed by atoms with Crippen LogP contribution in [-0.2, 0) is 16.1 Å². The first kappa shape index (κ1) is 17.6. The predicted molar refractivity (Wildman–Crippen MR) is 85.2 cm³/mol. The number of amides is 1. The van der Waals surface area contributed by atoms with E-state index in [1.54, 1.807) is 0 Å². The molecule has 0 radical (unpaired) electrons. The van der Waals surface area contributed by atoms with Crippen molar-refractivity contribution in [2.75, 3.05) is 53.9 Å². The first-order chi connectivity index (χ1) is 10.1. The molecule has 0 heterocycles. The number of nitrogens with zero attached hydrogens (tertiary/aromatic N) is 2. The van der Waals surface area contributed by atoms with E-state index in [1.807, 2.05) is 44.2 Å². The van der Waals surface area contributed by atoms with Gasteiger partial charge in [-0.15, -0.1) is 0 Å². The molecule has 5 heteroatoms. The summed E-state index contributed by atoms with van der Waals surface area (Å²) >= 11 is 0. The van der Waals surface area contributed by atoms with Crippen LogP contribution in [-0.4, -0.2) is 69.6 Å². The standard InChI is InChI=1S/C16H27N3O2/c1-18(2)13-16(20)17-9-10-19(3)11-12-21-14-15-7-5-4-6-8-15/h4-8H,9-14H2,1-3H3,(H,17,20). The maximum atomic E-state index is 11.5. The van der Waals surface area contributed by atoms with E-state index in [4.69, 9.17) is 4.74 Å². The van der Waals surface area contributed by atoms with Gasteiger partial charge in [-0.1, -0.05) is 30.3 Å². The van der Waals surface area contributed by atoms with Gasteiger partial charge in [-0.3, -0.25) is 4.79 Å². The van der Waals surface area contributed by atoms with Crippen LogP contribution < -0.4 is 5.32 Å². The number of ether oxygens (including phenoxy) is 1. The molecule has 0 fully saturated rings. The molecule has 1 N–H and O–H groups in total. The van der Waals surface area contributed by atoms with Crippen molar-refractivity contribution in [3.63, 3.8) is 0 Å². The van der Waals surface area contributed by atoms with Crippen molar-refractivity contribution < 1.29 is 9.53 Å². The van der Waals surface area contributed by atoms with Crippen LogP contribution in [0.25, 0.3) is 0 Å². The lowest BCUT2D eigenvalue weighted by Gasteiger charge is -2.17. The number of benzene rings is 1. The maximum Gasteiger partial charge on any atom is 0.234 e. The van der Waals surface area contributed by atoms with E-state index in [0.29, 0.717) is 26.3 Å². The van der Waals surface area contributed by atoms with Crippen molar-refractivity contribution in [3.05, 3.63) is 35.9 Å². The third-order valence-corrected chi connectivity index (χ3v) is 3.00. The molecule has 0 saturated carbocycles. The summed E-state index contributed by atoms with van der Waals surface area (Å²) in [5.74, 6) is 0.0636. The van der Waals surface area contributed by atoms with Crippen molar-refractivity contribution in [1.29, 1.82) is 0 Å². The Hall–Kier alpha value is -1.43. The topological polar surface area (TPSA) is 44.8 Å². The molecule has 0 aliphatic carbocycles. The highest BCUT2D eigenvalue weighted by atomic mass is 16.5. The molecule has 0 spiro atoms. The van der Waals surface area contributed by atoms with Gasteiger partial charge in [-0.05, 0) is 26.7 Å². The predicted octanol–water partition coefficient (Wildman–Crippen LogP) is 0.813. The molecule has 21 heavy (non-hydrogen) atoms. The Kier molecular flexibility index (Phi) is 8.66. The highest BCUT2D eigenvalue weighted by Gasteiger charge is 2.03. The number of hydrogen-bond donors (Lipinski definition) is 1. The largest absolute Gasteiger partial charge is 0.375 e. The molecule has 1 aromatic carbocycles. The fourth-order valence-electron chi connectivity index (χ4n) is 1.83. The lowest BCUT2D eigenvalue weighted by atomic mass is 10.2. The lowest BCUT2D eigenvalue weighted by Crippen LogP contribution is -2.38. The molecule has 0 aliphatic heterocycles.